The quantitative estimate of drug-likeness (QED) is 0.649. The van der Waals surface area contributed by atoms with Gasteiger partial charge < -0.3 is 9.67 Å². The molecule has 2 heterocycles. The van der Waals surface area contributed by atoms with E-state index >= 15 is 0 Å². The van der Waals surface area contributed by atoms with Gasteiger partial charge in [0.1, 0.15) is 0 Å². The molecule has 1 aromatic heterocycles. The van der Waals surface area contributed by atoms with Crippen LogP contribution in [0, 0.1) is 0 Å². The van der Waals surface area contributed by atoms with E-state index in [-0.39, 0.29) is 0 Å². The zero-order valence-electron chi connectivity index (χ0n) is 7.33. The Balaban J connectivity index is 2.51. The third kappa shape index (κ3) is 0.829. The Morgan fingerprint density at radius 1 is 1.31 bits per heavy atom. The van der Waals surface area contributed by atoms with Gasteiger partial charge in [-0.3, -0.25) is 0 Å². The molecular weight excluding hydrogens is 162 g/mol. The lowest BCUT2D eigenvalue weighted by Crippen LogP contribution is -2.06. The van der Waals surface area contributed by atoms with E-state index in [1.165, 1.54) is 11.1 Å². The van der Waals surface area contributed by atoms with Gasteiger partial charge in [-0.1, -0.05) is 18.2 Å². The Hall–Kier alpha value is -1.44. The van der Waals surface area contributed by atoms with Crippen molar-refractivity contribution < 1.29 is 5.11 Å². The van der Waals surface area contributed by atoms with Crippen LogP contribution in [0.15, 0.2) is 24.3 Å². The molecule has 0 bridgehead atoms. The van der Waals surface area contributed by atoms with Gasteiger partial charge >= 0.3 is 0 Å². The Labute approximate surface area is 76.4 Å². The number of nitrogens with zero attached hydrogens (tertiary/aromatic N) is 1. The number of benzene rings is 1. The van der Waals surface area contributed by atoms with Crippen molar-refractivity contribution in [1.29, 1.82) is 0 Å². The van der Waals surface area contributed by atoms with Crippen LogP contribution in [-0.4, -0.2) is 9.67 Å². The van der Waals surface area contributed by atoms with Gasteiger partial charge in [0.05, 0.1) is 5.52 Å². The molecule has 0 spiro atoms. The summed E-state index contributed by atoms with van der Waals surface area (Å²) in [5, 5.41) is 10.8. The van der Waals surface area contributed by atoms with Gasteiger partial charge in [0.15, 0.2) is 5.88 Å². The molecule has 0 saturated heterocycles. The number of aromatic nitrogens is 1. The summed E-state index contributed by atoms with van der Waals surface area (Å²) in [7, 11) is 0. The first-order chi connectivity index (χ1) is 6.36. The van der Waals surface area contributed by atoms with Crippen molar-refractivity contribution in [2.75, 3.05) is 0 Å². The van der Waals surface area contributed by atoms with Gasteiger partial charge in [-0.05, 0) is 18.4 Å². The molecule has 0 fully saturated rings. The summed E-state index contributed by atoms with van der Waals surface area (Å²) in [4.78, 5) is 0. The van der Waals surface area contributed by atoms with Crippen LogP contribution in [0.5, 0.6) is 5.88 Å². The SMILES string of the molecule is Oc1cc2cccc3c2n1CCC3. The minimum atomic E-state index is 0.405. The van der Waals surface area contributed by atoms with Crippen LogP contribution < -0.4 is 0 Å². The summed E-state index contributed by atoms with van der Waals surface area (Å²) < 4.78 is 2.01. The molecule has 0 saturated carbocycles. The zero-order chi connectivity index (χ0) is 8.84. The highest BCUT2D eigenvalue weighted by atomic mass is 16.3. The first kappa shape index (κ1) is 7.01. The average molecular weight is 173 g/mol. The molecule has 3 rings (SSSR count). The molecule has 0 atom stereocenters. The number of rotatable bonds is 0. The lowest BCUT2D eigenvalue weighted by Gasteiger charge is -2.15. The van der Waals surface area contributed by atoms with Gasteiger partial charge in [-0.15, -0.1) is 0 Å². The van der Waals surface area contributed by atoms with E-state index in [1.54, 1.807) is 0 Å². The smallest absolute Gasteiger partial charge is 0.192 e. The number of hydrogen-bond acceptors (Lipinski definition) is 1. The van der Waals surface area contributed by atoms with E-state index in [2.05, 4.69) is 18.2 Å². The van der Waals surface area contributed by atoms with Crippen LogP contribution >= 0.6 is 0 Å². The van der Waals surface area contributed by atoms with Gasteiger partial charge in [0, 0.05) is 18.0 Å². The monoisotopic (exact) mass is 173 g/mol. The summed E-state index contributed by atoms with van der Waals surface area (Å²) in [5.41, 5.74) is 2.59. The molecule has 0 aliphatic carbocycles. The molecule has 13 heavy (non-hydrogen) atoms. The van der Waals surface area contributed by atoms with Crippen LogP contribution in [0.4, 0.5) is 0 Å². The van der Waals surface area contributed by atoms with Crippen molar-refractivity contribution in [2.45, 2.75) is 19.4 Å². The highest BCUT2D eigenvalue weighted by Crippen LogP contribution is 2.31. The van der Waals surface area contributed by atoms with Gasteiger partial charge in [0.2, 0.25) is 0 Å². The minimum absolute atomic E-state index is 0.405. The molecule has 0 radical (unpaired) electrons. The molecule has 1 aliphatic heterocycles. The molecule has 2 heteroatoms. The predicted molar refractivity (Wildman–Crippen MR) is 51.9 cm³/mol. The Bertz CT molecular complexity index is 470. The largest absolute Gasteiger partial charge is 0.494 e. The zero-order valence-corrected chi connectivity index (χ0v) is 7.33. The van der Waals surface area contributed by atoms with Crippen LogP contribution in [0.1, 0.15) is 12.0 Å². The molecule has 1 N–H and O–H groups in total. The second-order valence-corrected chi connectivity index (χ2v) is 3.61. The van der Waals surface area contributed by atoms with Crippen LogP contribution in [0.3, 0.4) is 0 Å². The highest BCUT2D eigenvalue weighted by molar-refractivity contribution is 5.85. The standard InChI is InChI=1S/C11H11NO/c13-10-7-9-4-1-3-8-5-2-6-12(10)11(8)9/h1,3-4,7,13H,2,5-6H2. The Morgan fingerprint density at radius 3 is 3.15 bits per heavy atom. The second kappa shape index (κ2) is 2.28. The molecule has 2 aromatic rings. The normalized spacial score (nSPS) is 15.1. The first-order valence-electron chi connectivity index (χ1n) is 4.66. The summed E-state index contributed by atoms with van der Waals surface area (Å²) in [6.45, 7) is 0.951. The molecule has 1 aromatic carbocycles. The van der Waals surface area contributed by atoms with Crippen molar-refractivity contribution >= 4 is 10.9 Å². The van der Waals surface area contributed by atoms with Gasteiger partial charge in [-0.25, -0.2) is 0 Å². The topological polar surface area (TPSA) is 25.2 Å². The van der Waals surface area contributed by atoms with E-state index in [0.717, 1.165) is 24.8 Å². The number of aromatic hydroxyl groups is 1. The van der Waals surface area contributed by atoms with Crippen molar-refractivity contribution in [3.05, 3.63) is 29.8 Å². The third-order valence-corrected chi connectivity index (χ3v) is 2.81. The maximum Gasteiger partial charge on any atom is 0.192 e. The van der Waals surface area contributed by atoms with Crippen molar-refractivity contribution in [3.63, 3.8) is 0 Å². The predicted octanol–water partition coefficient (Wildman–Crippen LogP) is 2.29. The maximum absolute atomic E-state index is 9.66. The van der Waals surface area contributed by atoms with E-state index in [9.17, 15) is 5.11 Å². The van der Waals surface area contributed by atoms with Crippen molar-refractivity contribution in [1.82, 2.24) is 4.57 Å². The lowest BCUT2D eigenvalue weighted by atomic mass is 10.0. The number of para-hydroxylation sites is 1. The van der Waals surface area contributed by atoms with Crippen LogP contribution in [-0.2, 0) is 13.0 Å². The van der Waals surface area contributed by atoms with Crippen molar-refractivity contribution in [3.8, 4) is 5.88 Å². The number of aryl methyl sites for hydroxylation is 2. The fourth-order valence-electron chi connectivity index (χ4n) is 2.24. The molecule has 0 amide bonds. The fraction of sp³-hybridized carbons (Fsp3) is 0.273. The van der Waals surface area contributed by atoms with Crippen LogP contribution in [0.2, 0.25) is 0 Å². The summed E-state index contributed by atoms with van der Waals surface area (Å²) in [5.74, 6) is 0.405. The van der Waals surface area contributed by atoms with Crippen molar-refractivity contribution in [2.24, 2.45) is 0 Å². The summed E-state index contributed by atoms with van der Waals surface area (Å²) in [6, 6.07) is 8.12. The lowest BCUT2D eigenvalue weighted by molar-refractivity contribution is 0.414. The highest BCUT2D eigenvalue weighted by Gasteiger charge is 2.14. The molecule has 0 unspecified atom stereocenters. The Kier molecular flexibility index (Phi) is 1.23. The maximum atomic E-state index is 9.66. The minimum Gasteiger partial charge on any atom is -0.494 e. The molecular formula is C11H11NO. The summed E-state index contributed by atoms with van der Waals surface area (Å²) >= 11 is 0. The van der Waals surface area contributed by atoms with E-state index in [4.69, 9.17) is 0 Å². The molecule has 2 nitrogen and oxygen atoms in total. The van der Waals surface area contributed by atoms with Crippen LogP contribution in [0.25, 0.3) is 10.9 Å². The molecule has 1 aliphatic rings. The van der Waals surface area contributed by atoms with E-state index in [1.807, 2.05) is 10.6 Å². The molecule has 66 valence electrons. The van der Waals surface area contributed by atoms with Gasteiger partial charge in [0.25, 0.3) is 0 Å². The van der Waals surface area contributed by atoms with Gasteiger partial charge in [-0.2, -0.15) is 0 Å². The number of hydrogen-bond donors (Lipinski definition) is 1. The van der Waals surface area contributed by atoms with E-state index in [0.29, 0.717) is 5.88 Å². The fourth-order valence-corrected chi connectivity index (χ4v) is 2.24. The second-order valence-electron chi connectivity index (χ2n) is 3.61. The summed E-state index contributed by atoms with van der Waals surface area (Å²) in [6.07, 6.45) is 2.27. The third-order valence-electron chi connectivity index (χ3n) is 2.81. The first-order valence-corrected chi connectivity index (χ1v) is 4.66. The van der Waals surface area contributed by atoms with E-state index < -0.39 is 0 Å². The Morgan fingerprint density at radius 2 is 2.23 bits per heavy atom. The average Bonchev–Trinajstić information content (AvgIpc) is 2.47.